The predicted octanol–water partition coefficient (Wildman–Crippen LogP) is 1.78. The molecule has 0 aliphatic heterocycles. The molecule has 0 saturated carbocycles. The Hall–Kier alpha value is -3.16. The molecule has 8 nitrogen and oxygen atoms in total. The van der Waals surface area contributed by atoms with Gasteiger partial charge in [-0.3, -0.25) is 4.79 Å². The molecule has 1 aromatic heterocycles. The van der Waals surface area contributed by atoms with E-state index < -0.39 is 0 Å². The Morgan fingerprint density at radius 3 is 2.59 bits per heavy atom. The number of rotatable bonds is 9. The van der Waals surface area contributed by atoms with E-state index in [4.69, 9.17) is 13.9 Å². The van der Waals surface area contributed by atoms with Crippen LogP contribution in [-0.2, 0) is 6.54 Å². The van der Waals surface area contributed by atoms with Crippen molar-refractivity contribution in [3.05, 3.63) is 47.9 Å². The average molecular weight is 374 g/mol. The van der Waals surface area contributed by atoms with E-state index in [0.717, 1.165) is 23.6 Å². The molecule has 0 unspecified atom stereocenters. The molecule has 1 aromatic carbocycles. The van der Waals surface area contributed by atoms with Gasteiger partial charge >= 0.3 is 0 Å². The Morgan fingerprint density at radius 2 is 1.93 bits per heavy atom. The van der Waals surface area contributed by atoms with E-state index in [1.807, 2.05) is 25.1 Å². The molecule has 0 aliphatic rings. The van der Waals surface area contributed by atoms with E-state index in [1.54, 1.807) is 26.4 Å². The van der Waals surface area contributed by atoms with Gasteiger partial charge in [0.25, 0.3) is 5.91 Å². The van der Waals surface area contributed by atoms with E-state index in [9.17, 15) is 4.79 Å². The first kappa shape index (κ1) is 20.2. The van der Waals surface area contributed by atoms with Gasteiger partial charge in [-0.2, -0.15) is 0 Å². The first-order valence-electron chi connectivity index (χ1n) is 8.72. The number of carbonyl (C=O) groups excluding carboxylic acids is 1. The van der Waals surface area contributed by atoms with Crippen molar-refractivity contribution in [1.29, 1.82) is 0 Å². The normalized spacial score (nSPS) is 11.0. The van der Waals surface area contributed by atoms with Crippen LogP contribution in [0, 0.1) is 0 Å². The quantitative estimate of drug-likeness (QED) is 0.352. The van der Waals surface area contributed by atoms with E-state index in [2.05, 4.69) is 20.9 Å². The van der Waals surface area contributed by atoms with Crippen molar-refractivity contribution < 1.29 is 18.7 Å². The Kier molecular flexibility index (Phi) is 8.02. The van der Waals surface area contributed by atoms with Gasteiger partial charge in [0.2, 0.25) is 0 Å². The van der Waals surface area contributed by atoms with Crippen LogP contribution in [-0.4, -0.2) is 45.7 Å². The number of guanidine groups is 1. The van der Waals surface area contributed by atoms with Crippen LogP contribution in [0.5, 0.6) is 11.5 Å². The van der Waals surface area contributed by atoms with Gasteiger partial charge in [-0.1, -0.05) is 0 Å². The second-order valence-electron chi connectivity index (χ2n) is 5.53. The molecule has 0 radical (unpaired) electrons. The van der Waals surface area contributed by atoms with Crippen molar-refractivity contribution in [1.82, 2.24) is 16.0 Å². The highest BCUT2D eigenvalue weighted by molar-refractivity contribution is 5.91. The van der Waals surface area contributed by atoms with Crippen LogP contribution >= 0.6 is 0 Å². The van der Waals surface area contributed by atoms with Crippen LogP contribution in [0.15, 0.2) is 46.0 Å². The average Bonchev–Trinajstić information content (AvgIpc) is 3.23. The highest BCUT2D eigenvalue weighted by Gasteiger charge is 2.08. The molecule has 3 N–H and O–H groups in total. The van der Waals surface area contributed by atoms with Crippen LogP contribution in [0.1, 0.15) is 23.0 Å². The van der Waals surface area contributed by atoms with Crippen LogP contribution in [0.4, 0.5) is 0 Å². The van der Waals surface area contributed by atoms with Gasteiger partial charge in [0.15, 0.2) is 11.7 Å². The lowest BCUT2D eigenvalue weighted by atomic mass is 10.2. The van der Waals surface area contributed by atoms with Crippen molar-refractivity contribution in [3.8, 4) is 11.5 Å². The topological polar surface area (TPSA) is 97.1 Å². The second kappa shape index (κ2) is 10.7. The highest BCUT2D eigenvalue weighted by atomic mass is 16.5. The number of nitrogens with zero attached hydrogens (tertiary/aromatic N) is 1. The number of hydrogen-bond acceptors (Lipinski definition) is 5. The summed E-state index contributed by atoms with van der Waals surface area (Å²) >= 11 is 0. The number of aliphatic imine (C=N–C) groups is 1. The third kappa shape index (κ3) is 6.25. The zero-order valence-corrected chi connectivity index (χ0v) is 15.9. The fraction of sp³-hybridized carbons (Fsp3) is 0.368. The molecule has 2 rings (SSSR count). The molecule has 0 bridgehead atoms. The zero-order valence-electron chi connectivity index (χ0n) is 15.9. The number of nitrogens with one attached hydrogen (secondary N) is 3. The molecule has 0 atom stereocenters. The number of furan rings is 1. The summed E-state index contributed by atoms with van der Waals surface area (Å²) in [5.41, 5.74) is 0.946. The SMILES string of the molecule is CCNC(=NCc1ccc(OC)cc1OC)NCCNC(=O)c1ccco1. The molecule has 1 heterocycles. The lowest BCUT2D eigenvalue weighted by Gasteiger charge is -2.13. The van der Waals surface area contributed by atoms with E-state index in [0.29, 0.717) is 31.4 Å². The minimum Gasteiger partial charge on any atom is -0.497 e. The molecule has 0 aliphatic carbocycles. The van der Waals surface area contributed by atoms with Crippen molar-refractivity contribution >= 4 is 11.9 Å². The first-order chi connectivity index (χ1) is 13.2. The maximum Gasteiger partial charge on any atom is 0.287 e. The zero-order chi connectivity index (χ0) is 19.5. The van der Waals surface area contributed by atoms with E-state index in [-0.39, 0.29) is 5.91 Å². The van der Waals surface area contributed by atoms with Gasteiger partial charge in [0.05, 0.1) is 27.0 Å². The van der Waals surface area contributed by atoms with Crippen LogP contribution in [0.3, 0.4) is 0 Å². The summed E-state index contributed by atoms with van der Waals surface area (Å²) < 4.78 is 15.6. The summed E-state index contributed by atoms with van der Waals surface area (Å²) in [4.78, 5) is 16.4. The molecular weight excluding hydrogens is 348 g/mol. The minimum absolute atomic E-state index is 0.244. The van der Waals surface area contributed by atoms with Gasteiger partial charge in [-0.15, -0.1) is 0 Å². The Bertz CT molecular complexity index is 744. The van der Waals surface area contributed by atoms with Crippen LogP contribution in [0.25, 0.3) is 0 Å². The van der Waals surface area contributed by atoms with Gasteiger partial charge < -0.3 is 29.8 Å². The Morgan fingerprint density at radius 1 is 1.11 bits per heavy atom. The third-order valence-electron chi connectivity index (χ3n) is 3.69. The summed E-state index contributed by atoms with van der Waals surface area (Å²) in [6.07, 6.45) is 1.47. The molecule has 0 fully saturated rings. The van der Waals surface area contributed by atoms with Crippen molar-refractivity contribution in [2.45, 2.75) is 13.5 Å². The predicted molar refractivity (Wildman–Crippen MR) is 103 cm³/mol. The standard InChI is InChI=1S/C19H26N4O4/c1-4-20-19(22-10-9-21-18(24)16-6-5-11-27-16)23-13-14-7-8-15(25-2)12-17(14)26-3/h5-8,11-12H,4,9-10,13H2,1-3H3,(H,21,24)(H2,20,22,23). The van der Waals surface area contributed by atoms with Crippen LogP contribution < -0.4 is 25.4 Å². The van der Waals surface area contributed by atoms with Crippen molar-refractivity contribution in [2.24, 2.45) is 4.99 Å². The van der Waals surface area contributed by atoms with E-state index >= 15 is 0 Å². The van der Waals surface area contributed by atoms with E-state index in [1.165, 1.54) is 6.26 Å². The molecule has 2 aromatic rings. The summed E-state index contributed by atoms with van der Waals surface area (Å²) in [6.45, 7) is 4.13. The Balaban J connectivity index is 1.87. The first-order valence-corrected chi connectivity index (χ1v) is 8.72. The van der Waals surface area contributed by atoms with Crippen molar-refractivity contribution in [2.75, 3.05) is 33.9 Å². The lowest BCUT2D eigenvalue weighted by Crippen LogP contribution is -2.41. The second-order valence-corrected chi connectivity index (χ2v) is 5.53. The molecule has 146 valence electrons. The van der Waals surface area contributed by atoms with Gasteiger partial charge in [-0.25, -0.2) is 4.99 Å². The monoisotopic (exact) mass is 374 g/mol. The smallest absolute Gasteiger partial charge is 0.287 e. The summed E-state index contributed by atoms with van der Waals surface area (Å²) in [7, 11) is 3.23. The summed E-state index contributed by atoms with van der Waals surface area (Å²) in [5, 5.41) is 9.13. The summed E-state index contributed by atoms with van der Waals surface area (Å²) in [6, 6.07) is 8.93. The minimum atomic E-state index is -0.244. The largest absolute Gasteiger partial charge is 0.497 e. The van der Waals surface area contributed by atoms with Crippen molar-refractivity contribution in [3.63, 3.8) is 0 Å². The number of carbonyl (C=O) groups is 1. The molecule has 27 heavy (non-hydrogen) atoms. The Labute approximate surface area is 159 Å². The fourth-order valence-corrected chi connectivity index (χ4v) is 2.34. The number of hydrogen-bond donors (Lipinski definition) is 3. The highest BCUT2D eigenvalue weighted by Crippen LogP contribution is 2.25. The molecule has 0 spiro atoms. The van der Waals surface area contributed by atoms with Gasteiger partial charge in [-0.05, 0) is 31.2 Å². The summed E-state index contributed by atoms with van der Waals surface area (Å²) in [5.74, 6) is 2.16. The number of methoxy groups -OCH3 is 2. The van der Waals surface area contributed by atoms with Gasteiger partial charge in [0, 0.05) is 31.3 Å². The van der Waals surface area contributed by atoms with Crippen LogP contribution in [0.2, 0.25) is 0 Å². The lowest BCUT2D eigenvalue weighted by molar-refractivity contribution is 0.0926. The number of benzene rings is 1. The molecule has 8 heteroatoms. The molecule has 0 saturated heterocycles. The number of amides is 1. The number of ether oxygens (including phenoxy) is 2. The van der Waals surface area contributed by atoms with Gasteiger partial charge in [0.1, 0.15) is 11.5 Å². The molecular formula is C19H26N4O4. The fourth-order valence-electron chi connectivity index (χ4n) is 2.34. The maximum atomic E-state index is 11.8. The third-order valence-corrected chi connectivity index (χ3v) is 3.69. The maximum absolute atomic E-state index is 11.8. The molecule has 1 amide bonds.